The number of carbonyl (C=O) groups is 2. The van der Waals surface area contributed by atoms with Crippen LogP contribution in [-0.4, -0.2) is 55.2 Å². The van der Waals surface area contributed by atoms with Crippen LogP contribution < -0.4 is 10.6 Å². The van der Waals surface area contributed by atoms with Crippen molar-refractivity contribution in [3.8, 4) is 0 Å². The van der Waals surface area contributed by atoms with Gasteiger partial charge in [-0.15, -0.1) is 0 Å². The number of ether oxygens (including phenoxy) is 1. The smallest absolute Gasteiger partial charge is 0.317 e. The summed E-state index contributed by atoms with van der Waals surface area (Å²) in [6.07, 6.45) is 2.59. The molecule has 6 nitrogen and oxygen atoms in total. The van der Waals surface area contributed by atoms with Crippen molar-refractivity contribution in [2.45, 2.75) is 44.9 Å². The molecule has 0 aromatic heterocycles. The number of amides is 2. The standard InChI is InChI=1S/C15H27N3O3/c1-11(2)12(9-19)14(3)17-10-15(21-14)5-7-18(8-6-15)13(20)16-4/h9,11-12,17H,5-8,10H2,1-4H3,(H,16,20). The Bertz CT molecular complexity index is 405. The molecule has 2 rings (SSSR count). The number of hydrogen-bond acceptors (Lipinski definition) is 4. The fourth-order valence-corrected chi connectivity index (χ4v) is 3.52. The molecule has 0 bridgehead atoms. The highest BCUT2D eigenvalue weighted by atomic mass is 16.6. The first-order valence-electron chi connectivity index (χ1n) is 7.73. The Morgan fingerprint density at radius 3 is 2.48 bits per heavy atom. The minimum Gasteiger partial charge on any atom is -0.352 e. The van der Waals surface area contributed by atoms with Crippen LogP contribution in [0.1, 0.15) is 33.6 Å². The van der Waals surface area contributed by atoms with Gasteiger partial charge in [0.15, 0.2) is 0 Å². The fourth-order valence-electron chi connectivity index (χ4n) is 3.52. The predicted octanol–water partition coefficient (Wildman–Crippen LogP) is 0.968. The number of rotatable bonds is 3. The molecule has 0 aromatic rings. The molecule has 2 aliphatic rings. The van der Waals surface area contributed by atoms with Crippen LogP contribution in [0.15, 0.2) is 0 Å². The number of urea groups is 1. The van der Waals surface area contributed by atoms with Crippen LogP contribution in [-0.2, 0) is 9.53 Å². The molecule has 0 aromatic carbocycles. The Hall–Kier alpha value is -1.14. The van der Waals surface area contributed by atoms with Crippen LogP contribution >= 0.6 is 0 Å². The summed E-state index contributed by atoms with van der Waals surface area (Å²) in [5, 5.41) is 6.07. The third kappa shape index (κ3) is 3.06. The Morgan fingerprint density at radius 1 is 1.38 bits per heavy atom. The molecule has 2 heterocycles. The van der Waals surface area contributed by atoms with E-state index in [-0.39, 0.29) is 23.5 Å². The van der Waals surface area contributed by atoms with Gasteiger partial charge < -0.3 is 19.7 Å². The maximum Gasteiger partial charge on any atom is 0.317 e. The predicted molar refractivity (Wildman–Crippen MR) is 79.9 cm³/mol. The number of carbonyl (C=O) groups excluding carboxylic acids is 2. The lowest BCUT2D eigenvalue weighted by molar-refractivity contribution is -0.155. The van der Waals surface area contributed by atoms with Gasteiger partial charge in [-0.25, -0.2) is 4.79 Å². The second kappa shape index (κ2) is 5.93. The number of nitrogens with one attached hydrogen (secondary N) is 2. The van der Waals surface area contributed by atoms with Gasteiger partial charge >= 0.3 is 6.03 Å². The average Bonchev–Trinajstić information content (AvgIpc) is 2.77. The lowest BCUT2D eigenvalue weighted by Gasteiger charge is -2.41. The van der Waals surface area contributed by atoms with Gasteiger partial charge in [-0.3, -0.25) is 5.32 Å². The highest BCUT2D eigenvalue weighted by Crippen LogP contribution is 2.39. The Kier molecular flexibility index (Phi) is 4.58. The summed E-state index contributed by atoms with van der Waals surface area (Å²) < 4.78 is 6.35. The summed E-state index contributed by atoms with van der Waals surface area (Å²) in [7, 11) is 1.65. The quantitative estimate of drug-likeness (QED) is 0.762. The molecule has 2 amide bonds. The maximum absolute atomic E-state index is 11.7. The first-order chi connectivity index (χ1) is 9.86. The van der Waals surface area contributed by atoms with E-state index in [4.69, 9.17) is 4.74 Å². The van der Waals surface area contributed by atoms with Crippen molar-refractivity contribution in [2.75, 3.05) is 26.7 Å². The van der Waals surface area contributed by atoms with E-state index in [1.165, 1.54) is 0 Å². The molecule has 1 spiro atoms. The van der Waals surface area contributed by atoms with E-state index < -0.39 is 5.72 Å². The minimum absolute atomic E-state index is 0.0356. The summed E-state index contributed by atoms with van der Waals surface area (Å²) in [6, 6.07) is -0.0356. The molecule has 2 atom stereocenters. The SMILES string of the molecule is CNC(=O)N1CCC2(CC1)CNC(C)(C(C=O)C(C)C)O2. The van der Waals surface area contributed by atoms with Crippen LogP contribution in [0.3, 0.4) is 0 Å². The van der Waals surface area contributed by atoms with Crippen LogP contribution in [0.2, 0.25) is 0 Å². The van der Waals surface area contributed by atoms with E-state index in [0.29, 0.717) is 13.1 Å². The molecule has 0 saturated carbocycles. The van der Waals surface area contributed by atoms with Crippen molar-refractivity contribution in [3.05, 3.63) is 0 Å². The van der Waals surface area contributed by atoms with Crippen molar-refractivity contribution in [2.24, 2.45) is 11.8 Å². The summed E-state index contributed by atoms with van der Waals surface area (Å²) in [5.41, 5.74) is -0.861. The Balaban J connectivity index is 2.02. The number of hydrogen-bond donors (Lipinski definition) is 2. The van der Waals surface area contributed by atoms with Gasteiger partial charge in [0, 0.05) is 26.7 Å². The zero-order valence-electron chi connectivity index (χ0n) is 13.4. The van der Waals surface area contributed by atoms with Crippen molar-refractivity contribution in [1.29, 1.82) is 0 Å². The van der Waals surface area contributed by atoms with E-state index in [9.17, 15) is 9.59 Å². The molecule has 2 aliphatic heterocycles. The van der Waals surface area contributed by atoms with Crippen molar-refractivity contribution in [1.82, 2.24) is 15.5 Å². The van der Waals surface area contributed by atoms with E-state index in [1.807, 2.05) is 25.7 Å². The molecule has 6 heteroatoms. The fraction of sp³-hybridized carbons (Fsp3) is 0.867. The highest BCUT2D eigenvalue weighted by molar-refractivity contribution is 5.73. The molecular weight excluding hydrogens is 270 g/mol. The largest absolute Gasteiger partial charge is 0.352 e. The molecule has 2 N–H and O–H groups in total. The normalized spacial score (nSPS) is 29.7. The molecule has 0 radical (unpaired) electrons. The lowest BCUT2D eigenvalue weighted by Crippen LogP contribution is -2.51. The number of nitrogens with zero attached hydrogens (tertiary/aromatic N) is 1. The van der Waals surface area contributed by atoms with E-state index in [1.54, 1.807) is 7.05 Å². The van der Waals surface area contributed by atoms with Crippen LogP contribution in [0.4, 0.5) is 4.79 Å². The molecule has 2 unspecified atom stereocenters. The van der Waals surface area contributed by atoms with Gasteiger partial charge in [0.25, 0.3) is 0 Å². The molecule has 120 valence electrons. The van der Waals surface area contributed by atoms with Crippen LogP contribution in [0.25, 0.3) is 0 Å². The van der Waals surface area contributed by atoms with Gasteiger partial charge in [-0.1, -0.05) is 13.8 Å². The summed E-state index contributed by atoms with van der Waals surface area (Å²) in [6.45, 7) is 8.15. The van der Waals surface area contributed by atoms with Gasteiger partial charge in [0.05, 0.1) is 11.5 Å². The minimum atomic E-state index is -0.606. The first-order valence-corrected chi connectivity index (χ1v) is 7.73. The Labute approximate surface area is 126 Å². The Morgan fingerprint density at radius 2 is 2.00 bits per heavy atom. The third-order valence-electron chi connectivity index (χ3n) is 4.87. The molecule has 2 saturated heterocycles. The van der Waals surface area contributed by atoms with E-state index in [2.05, 4.69) is 10.6 Å². The monoisotopic (exact) mass is 297 g/mol. The second-order valence-electron chi connectivity index (χ2n) is 6.69. The van der Waals surface area contributed by atoms with Gasteiger partial charge in [-0.05, 0) is 25.7 Å². The van der Waals surface area contributed by atoms with Crippen LogP contribution in [0.5, 0.6) is 0 Å². The zero-order chi connectivity index (χ0) is 15.7. The molecule has 2 fully saturated rings. The second-order valence-corrected chi connectivity index (χ2v) is 6.69. The summed E-state index contributed by atoms with van der Waals surface area (Å²) >= 11 is 0. The van der Waals surface area contributed by atoms with Gasteiger partial charge in [0.1, 0.15) is 12.0 Å². The van der Waals surface area contributed by atoms with Crippen molar-refractivity contribution >= 4 is 12.3 Å². The summed E-state index contributed by atoms with van der Waals surface area (Å²) in [4.78, 5) is 24.9. The van der Waals surface area contributed by atoms with Gasteiger partial charge in [-0.2, -0.15) is 0 Å². The topological polar surface area (TPSA) is 70.7 Å². The number of aldehydes is 1. The number of likely N-dealkylation sites (tertiary alicyclic amines) is 1. The maximum atomic E-state index is 11.7. The van der Waals surface area contributed by atoms with E-state index in [0.717, 1.165) is 25.7 Å². The zero-order valence-corrected chi connectivity index (χ0v) is 13.4. The molecule has 0 aliphatic carbocycles. The average molecular weight is 297 g/mol. The van der Waals surface area contributed by atoms with Crippen LogP contribution in [0, 0.1) is 11.8 Å². The van der Waals surface area contributed by atoms with Crippen molar-refractivity contribution in [3.63, 3.8) is 0 Å². The third-order valence-corrected chi connectivity index (χ3v) is 4.87. The lowest BCUT2D eigenvalue weighted by atomic mass is 9.88. The highest BCUT2D eigenvalue weighted by Gasteiger charge is 2.52. The summed E-state index contributed by atoms with van der Waals surface area (Å²) in [5.74, 6) is 0.0509. The van der Waals surface area contributed by atoms with Gasteiger partial charge in [0.2, 0.25) is 0 Å². The first kappa shape index (κ1) is 16.2. The van der Waals surface area contributed by atoms with E-state index >= 15 is 0 Å². The molecular formula is C15H27N3O3. The molecule has 21 heavy (non-hydrogen) atoms. The van der Waals surface area contributed by atoms with Crippen molar-refractivity contribution < 1.29 is 14.3 Å². The number of piperidine rings is 1.